The van der Waals surface area contributed by atoms with Crippen LogP contribution in [0.15, 0.2) is 0 Å². The smallest absolute Gasteiger partial charge is 0.130 e. The third-order valence-corrected chi connectivity index (χ3v) is 2.69. The summed E-state index contributed by atoms with van der Waals surface area (Å²) in [5.41, 5.74) is 0. The molecule has 0 bridgehead atoms. The zero-order valence-corrected chi connectivity index (χ0v) is 7.85. The van der Waals surface area contributed by atoms with Crippen molar-refractivity contribution >= 4 is 15.9 Å². The van der Waals surface area contributed by atoms with E-state index in [-0.39, 0.29) is 4.83 Å². The minimum Gasteiger partial charge on any atom is -0.375 e. The molecule has 1 nitrogen and oxygen atoms in total. The lowest BCUT2D eigenvalue weighted by atomic mass is 9.94. The monoisotopic (exact) mass is 228 g/mol. The second-order valence-corrected chi connectivity index (χ2v) is 4.10. The van der Waals surface area contributed by atoms with Crippen molar-refractivity contribution < 1.29 is 13.5 Å². The summed E-state index contributed by atoms with van der Waals surface area (Å²) in [4.78, 5) is -0.0427. The predicted molar refractivity (Wildman–Crippen MR) is 42.5 cm³/mol. The highest BCUT2D eigenvalue weighted by Crippen LogP contribution is 2.30. The highest BCUT2D eigenvalue weighted by molar-refractivity contribution is 9.09. The van der Waals surface area contributed by atoms with E-state index in [1.54, 1.807) is 0 Å². The van der Waals surface area contributed by atoms with Gasteiger partial charge in [-0.3, -0.25) is 0 Å². The van der Waals surface area contributed by atoms with Crippen molar-refractivity contribution in [2.75, 3.05) is 7.11 Å². The van der Waals surface area contributed by atoms with Crippen LogP contribution in [0, 0.1) is 0 Å². The Morgan fingerprint density at radius 1 is 1.27 bits per heavy atom. The molecule has 0 aliphatic heterocycles. The fraction of sp³-hybridized carbons (Fsp3) is 1.00. The van der Waals surface area contributed by atoms with E-state index in [0.717, 1.165) is 0 Å². The van der Waals surface area contributed by atoms with E-state index in [1.807, 2.05) is 0 Å². The number of ether oxygens (including phenoxy) is 1. The van der Waals surface area contributed by atoms with Crippen LogP contribution in [-0.4, -0.2) is 30.4 Å². The molecule has 0 radical (unpaired) electrons. The molecule has 1 fully saturated rings. The van der Waals surface area contributed by atoms with Crippen LogP contribution in [0.5, 0.6) is 0 Å². The molecule has 4 heteroatoms. The second-order valence-electron chi connectivity index (χ2n) is 2.80. The Kier molecular flexibility index (Phi) is 3.25. The van der Waals surface area contributed by atoms with Gasteiger partial charge in [-0.05, 0) is 12.8 Å². The van der Waals surface area contributed by atoms with Gasteiger partial charge in [0, 0.05) is 11.9 Å². The molecule has 66 valence electrons. The molecule has 0 aromatic rings. The van der Waals surface area contributed by atoms with Crippen molar-refractivity contribution in [3.8, 4) is 0 Å². The van der Waals surface area contributed by atoms with Crippen molar-refractivity contribution in [1.29, 1.82) is 0 Å². The molecule has 0 spiro atoms. The van der Waals surface area contributed by atoms with E-state index in [0.29, 0.717) is 12.8 Å². The van der Waals surface area contributed by atoms with Crippen LogP contribution >= 0.6 is 15.9 Å². The first-order valence-electron chi connectivity index (χ1n) is 3.60. The third-order valence-electron chi connectivity index (χ3n) is 1.95. The van der Waals surface area contributed by atoms with Crippen LogP contribution in [0.25, 0.3) is 0 Å². The Labute approximate surface area is 73.2 Å². The van der Waals surface area contributed by atoms with Crippen molar-refractivity contribution in [3.05, 3.63) is 0 Å². The molecule has 1 rings (SSSR count). The van der Waals surface area contributed by atoms with Crippen LogP contribution in [0.2, 0.25) is 0 Å². The van der Waals surface area contributed by atoms with Gasteiger partial charge in [0.05, 0.1) is 0 Å². The Hall–Kier alpha value is 0.300. The molecule has 0 aromatic carbocycles. The summed E-state index contributed by atoms with van der Waals surface area (Å²) in [6.45, 7) is 0. The van der Waals surface area contributed by atoms with Gasteiger partial charge in [0.2, 0.25) is 0 Å². The number of alkyl halides is 3. The molecular weight excluding hydrogens is 218 g/mol. The van der Waals surface area contributed by atoms with E-state index < -0.39 is 18.4 Å². The summed E-state index contributed by atoms with van der Waals surface area (Å²) >= 11 is 3.19. The van der Waals surface area contributed by atoms with Gasteiger partial charge in [0.25, 0.3) is 0 Å². The SMILES string of the molecule is COC1C(F)CC(Br)CC1F. The Bertz CT molecular complexity index is 122. The second kappa shape index (κ2) is 3.81. The van der Waals surface area contributed by atoms with Gasteiger partial charge in [-0.25, -0.2) is 8.78 Å². The molecular formula is C7H11BrF2O. The minimum absolute atomic E-state index is 0.0427. The molecule has 0 saturated heterocycles. The van der Waals surface area contributed by atoms with Gasteiger partial charge in [0.1, 0.15) is 18.4 Å². The lowest BCUT2D eigenvalue weighted by molar-refractivity contribution is -0.0434. The zero-order chi connectivity index (χ0) is 8.43. The van der Waals surface area contributed by atoms with Crippen LogP contribution in [0.3, 0.4) is 0 Å². The fourth-order valence-electron chi connectivity index (χ4n) is 1.38. The summed E-state index contributed by atoms with van der Waals surface area (Å²) in [6.07, 6.45) is -2.51. The molecule has 0 heterocycles. The fourth-order valence-corrected chi connectivity index (χ4v) is 2.09. The average molecular weight is 229 g/mol. The van der Waals surface area contributed by atoms with Gasteiger partial charge >= 0.3 is 0 Å². The largest absolute Gasteiger partial charge is 0.375 e. The van der Waals surface area contributed by atoms with Crippen LogP contribution < -0.4 is 0 Å². The minimum atomic E-state index is -1.17. The lowest BCUT2D eigenvalue weighted by Crippen LogP contribution is -2.41. The number of methoxy groups -OCH3 is 1. The van der Waals surface area contributed by atoms with Gasteiger partial charge in [-0.1, -0.05) is 15.9 Å². The van der Waals surface area contributed by atoms with Gasteiger partial charge in [-0.15, -0.1) is 0 Å². The molecule has 0 amide bonds. The van der Waals surface area contributed by atoms with Crippen LogP contribution in [0.4, 0.5) is 8.78 Å². The normalized spacial score (nSPS) is 45.8. The van der Waals surface area contributed by atoms with Crippen molar-refractivity contribution in [2.24, 2.45) is 0 Å². The van der Waals surface area contributed by atoms with Crippen molar-refractivity contribution in [1.82, 2.24) is 0 Å². The summed E-state index contributed by atoms with van der Waals surface area (Å²) < 4.78 is 30.6. The zero-order valence-electron chi connectivity index (χ0n) is 6.27. The lowest BCUT2D eigenvalue weighted by Gasteiger charge is -2.30. The Morgan fingerprint density at radius 3 is 2.09 bits per heavy atom. The van der Waals surface area contributed by atoms with Gasteiger partial charge < -0.3 is 4.74 Å². The quantitative estimate of drug-likeness (QED) is 0.626. The standard InChI is InChI=1S/C7H11BrF2O/c1-11-7-5(9)2-4(8)3-6(7)10/h4-7H,2-3H2,1H3. The molecule has 2 atom stereocenters. The maximum absolute atomic E-state index is 13.0. The summed E-state index contributed by atoms with van der Waals surface area (Å²) in [6, 6.07) is 0. The predicted octanol–water partition coefficient (Wildman–Crippen LogP) is 2.23. The maximum atomic E-state index is 13.0. The van der Waals surface area contributed by atoms with E-state index in [9.17, 15) is 8.78 Å². The number of hydrogen-bond acceptors (Lipinski definition) is 1. The number of hydrogen-bond donors (Lipinski definition) is 0. The van der Waals surface area contributed by atoms with Crippen molar-refractivity contribution in [2.45, 2.75) is 36.1 Å². The van der Waals surface area contributed by atoms with Crippen molar-refractivity contribution in [3.63, 3.8) is 0 Å². The van der Waals surface area contributed by atoms with E-state index in [1.165, 1.54) is 7.11 Å². The van der Waals surface area contributed by atoms with Gasteiger partial charge in [0.15, 0.2) is 0 Å². The highest BCUT2D eigenvalue weighted by atomic mass is 79.9. The number of rotatable bonds is 1. The Morgan fingerprint density at radius 2 is 1.73 bits per heavy atom. The Balaban J connectivity index is 2.52. The molecule has 1 aliphatic rings. The molecule has 1 aliphatic carbocycles. The molecule has 2 unspecified atom stereocenters. The van der Waals surface area contributed by atoms with Crippen LogP contribution in [0.1, 0.15) is 12.8 Å². The molecule has 0 aromatic heterocycles. The molecule has 11 heavy (non-hydrogen) atoms. The summed E-state index contributed by atoms with van der Waals surface area (Å²) in [5, 5.41) is 0. The average Bonchev–Trinajstić information content (AvgIpc) is 1.85. The van der Waals surface area contributed by atoms with E-state index >= 15 is 0 Å². The highest BCUT2D eigenvalue weighted by Gasteiger charge is 2.37. The van der Waals surface area contributed by atoms with E-state index in [4.69, 9.17) is 4.74 Å². The summed E-state index contributed by atoms with van der Waals surface area (Å²) in [5.74, 6) is 0. The summed E-state index contributed by atoms with van der Waals surface area (Å²) in [7, 11) is 1.35. The topological polar surface area (TPSA) is 9.23 Å². The van der Waals surface area contributed by atoms with Gasteiger partial charge in [-0.2, -0.15) is 0 Å². The first-order valence-corrected chi connectivity index (χ1v) is 4.51. The molecule has 0 N–H and O–H groups in total. The number of halogens is 3. The van der Waals surface area contributed by atoms with Crippen LogP contribution in [-0.2, 0) is 4.74 Å². The third kappa shape index (κ3) is 2.12. The first-order chi connectivity index (χ1) is 5.15. The van der Waals surface area contributed by atoms with E-state index in [2.05, 4.69) is 15.9 Å². The molecule has 1 saturated carbocycles. The maximum Gasteiger partial charge on any atom is 0.130 e. The first kappa shape index (κ1) is 9.39.